The van der Waals surface area contributed by atoms with Crippen LogP contribution in [0.4, 0.5) is 4.79 Å². The largest absolute Gasteiger partial charge is 0.465 e. The second-order valence-electron chi connectivity index (χ2n) is 9.64. The molecular weight excluding hydrogens is 368 g/mol. The second-order valence-corrected chi connectivity index (χ2v) is 10.5. The number of nitrogens with zero attached hydrogens (tertiary/aromatic N) is 2. The lowest BCUT2D eigenvalue weighted by Gasteiger charge is -2.42. The molecule has 1 aromatic carbocycles. The van der Waals surface area contributed by atoms with Crippen molar-refractivity contribution in [1.82, 2.24) is 9.88 Å². The van der Waals surface area contributed by atoms with Crippen LogP contribution < -0.4 is 0 Å². The van der Waals surface area contributed by atoms with Gasteiger partial charge in [-0.2, -0.15) is 0 Å². The lowest BCUT2D eigenvalue weighted by atomic mass is 9.63. The third kappa shape index (κ3) is 3.45. The van der Waals surface area contributed by atoms with Crippen molar-refractivity contribution < 1.29 is 9.90 Å². The Kier molecular flexibility index (Phi) is 4.77. The van der Waals surface area contributed by atoms with E-state index in [-0.39, 0.29) is 10.8 Å². The highest BCUT2D eigenvalue weighted by atomic mass is 32.1. The highest BCUT2D eigenvalue weighted by Gasteiger charge is 2.37. The lowest BCUT2D eigenvalue weighted by molar-refractivity contribution is 0.132. The van der Waals surface area contributed by atoms with Gasteiger partial charge in [-0.15, -0.1) is 11.3 Å². The summed E-state index contributed by atoms with van der Waals surface area (Å²) >= 11 is 1.72. The topological polar surface area (TPSA) is 53.4 Å². The summed E-state index contributed by atoms with van der Waals surface area (Å²) in [5.41, 5.74) is 5.63. The van der Waals surface area contributed by atoms with E-state index < -0.39 is 6.09 Å². The Hall–Kier alpha value is -1.88. The van der Waals surface area contributed by atoms with Gasteiger partial charge in [0.1, 0.15) is 0 Å². The number of amides is 1. The molecule has 0 spiro atoms. The first-order valence-corrected chi connectivity index (χ1v) is 11.1. The van der Waals surface area contributed by atoms with Crippen molar-refractivity contribution >= 4 is 17.4 Å². The molecule has 1 amide bonds. The van der Waals surface area contributed by atoms with Gasteiger partial charge in [0, 0.05) is 30.0 Å². The predicted molar refractivity (Wildman–Crippen MR) is 114 cm³/mol. The Morgan fingerprint density at radius 1 is 1.11 bits per heavy atom. The van der Waals surface area contributed by atoms with Crippen LogP contribution in [0.2, 0.25) is 0 Å². The molecule has 1 aromatic heterocycles. The fourth-order valence-corrected chi connectivity index (χ4v) is 5.67. The maximum atomic E-state index is 11.1. The molecule has 1 saturated heterocycles. The van der Waals surface area contributed by atoms with Crippen molar-refractivity contribution in [2.24, 2.45) is 0 Å². The van der Waals surface area contributed by atoms with Gasteiger partial charge in [0.15, 0.2) is 0 Å². The second kappa shape index (κ2) is 6.87. The average molecular weight is 399 g/mol. The predicted octanol–water partition coefficient (Wildman–Crippen LogP) is 6.02. The first-order chi connectivity index (χ1) is 13.2. The number of piperidine rings is 1. The van der Waals surface area contributed by atoms with Gasteiger partial charge in [-0.3, -0.25) is 0 Å². The Morgan fingerprint density at radius 3 is 2.39 bits per heavy atom. The summed E-state index contributed by atoms with van der Waals surface area (Å²) in [7, 11) is 0. The summed E-state index contributed by atoms with van der Waals surface area (Å²) in [5, 5.41) is 12.5. The number of fused-ring (bicyclic) bond motifs is 1. The van der Waals surface area contributed by atoms with Crippen LogP contribution in [-0.2, 0) is 10.8 Å². The fourth-order valence-electron chi connectivity index (χ4n) is 4.67. The molecule has 1 aliphatic heterocycles. The summed E-state index contributed by atoms with van der Waals surface area (Å²) in [6.07, 6.45) is 3.36. The number of aromatic nitrogens is 1. The first kappa shape index (κ1) is 19.4. The van der Waals surface area contributed by atoms with E-state index >= 15 is 0 Å². The standard InChI is InChI=1S/C23H30N2O2S/c1-22(2)9-10-23(3,4)18-13-16(5-6-17(18)22)19-14-28-20(24-19)15-7-11-25(12-8-15)21(26)27/h5-6,13-15H,7-12H2,1-4H3,(H,26,27). The summed E-state index contributed by atoms with van der Waals surface area (Å²) in [6, 6.07) is 6.91. The van der Waals surface area contributed by atoms with Crippen molar-refractivity contribution in [3.63, 3.8) is 0 Å². The van der Waals surface area contributed by atoms with E-state index in [2.05, 4.69) is 51.3 Å². The van der Waals surface area contributed by atoms with Crippen LogP contribution in [0, 0.1) is 0 Å². The SMILES string of the molecule is CC1(C)CCC(C)(C)c2cc(-c3csc(C4CCN(C(=O)O)CC4)n3)ccc21. The van der Waals surface area contributed by atoms with Crippen LogP contribution in [0.5, 0.6) is 0 Å². The highest BCUT2D eigenvalue weighted by Crippen LogP contribution is 2.47. The van der Waals surface area contributed by atoms with Crippen LogP contribution >= 0.6 is 11.3 Å². The Labute approximate surface area is 171 Å². The number of carbonyl (C=O) groups is 1. The third-order valence-electron chi connectivity index (χ3n) is 6.79. The lowest BCUT2D eigenvalue weighted by Crippen LogP contribution is -2.36. The van der Waals surface area contributed by atoms with E-state index in [9.17, 15) is 4.79 Å². The minimum Gasteiger partial charge on any atom is -0.465 e. The Morgan fingerprint density at radius 2 is 1.75 bits per heavy atom. The molecule has 28 heavy (non-hydrogen) atoms. The zero-order valence-electron chi connectivity index (χ0n) is 17.3. The molecule has 2 heterocycles. The number of hydrogen-bond acceptors (Lipinski definition) is 3. The fraction of sp³-hybridized carbons (Fsp3) is 0.565. The minimum absolute atomic E-state index is 0.198. The normalized spacial score (nSPS) is 21.4. The van der Waals surface area contributed by atoms with Crippen LogP contribution in [0.3, 0.4) is 0 Å². The summed E-state index contributed by atoms with van der Waals surface area (Å²) < 4.78 is 0. The van der Waals surface area contributed by atoms with E-state index in [4.69, 9.17) is 10.1 Å². The molecule has 4 nitrogen and oxygen atoms in total. The molecule has 0 radical (unpaired) electrons. The molecule has 1 fully saturated rings. The number of carboxylic acid groups (broad SMARTS) is 1. The van der Waals surface area contributed by atoms with E-state index in [1.54, 1.807) is 11.3 Å². The molecule has 2 aromatic rings. The first-order valence-electron chi connectivity index (χ1n) is 10.3. The van der Waals surface area contributed by atoms with Gasteiger partial charge in [-0.25, -0.2) is 9.78 Å². The zero-order chi connectivity index (χ0) is 20.1. The molecule has 150 valence electrons. The smallest absolute Gasteiger partial charge is 0.407 e. The third-order valence-corrected chi connectivity index (χ3v) is 7.79. The van der Waals surface area contributed by atoms with Gasteiger partial charge in [0.25, 0.3) is 0 Å². The van der Waals surface area contributed by atoms with Crippen molar-refractivity contribution in [3.05, 3.63) is 39.7 Å². The number of likely N-dealkylation sites (tertiary alicyclic amines) is 1. The number of thiazole rings is 1. The van der Waals surface area contributed by atoms with Gasteiger partial charge < -0.3 is 10.0 Å². The van der Waals surface area contributed by atoms with Gasteiger partial charge in [-0.05, 0) is 53.7 Å². The van der Waals surface area contributed by atoms with Crippen LogP contribution in [-0.4, -0.2) is 34.2 Å². The molecule has 0 atom stereocenters. The van der Waals surface area contributed by atoms with Crippen molar-refractivity contribution in [2.45, 2.75) is 70.1 Å². The highest BCUT2D eigenvalue weighted by molar-refractivity contribution is 7.10. The molecule has 0 bridgehead atoms. The Bertz CT molecular complexity index is 892. The monoisotopic (exact) mass is 398 g/mol. The summed E-state index contributed by atoms with van der Waals surface area (Å²) in [6.45, 7) is 10.6. The zero-order valence-corrected chi connectivity index (χ0v) is 18.1. The van der Waals surface area contributed by atoms with Crippen LogP contribution in [0.1, 0.15) is 75.4 Å². The van der Waals surface area contributed by atoms with Crippen molar-refractivity contribution in [3.8, 4) is 11.3 Å². The molecule has 0 saturated carbocycles. The molecule has 5 heteroatoms. The number of hydrogen-bond donors (Lipinski definition) is 1. The maximum Gasteiger partial charge on any atom is 0.407 e. The maximum absolute atomic E-state index is 11.1. The quantitative estimate of drug-likeness (QED) is 0.673. The number of rotatable bonds is 2. The molecular formula is C23H30N2O2S. The summed E-state index contributed by atoms with van der Waals surface area (Å²) in [4.78, 5) is 17.6. The molecule has 2 aliphatic rings. The van der Waals surface area contributed by atoms with Crippen LogP contribution in [0.15, 0.2) is 23.6 Å². The Balaban J connectivity index is 1.59. The molecule has 0 unspecified atom stereocenters. The summed E-state index contributed by atoms with van der Waals surface area (Å²) in [5.74, 6) is 0.377. The van der Waals surface area contributed by atoms with Gasteiger partial charge in [0.05, 0.1) is 10.7 Å². The van der Waals surface area contributed by atoms with E-state index in [1.807, 2.05) is 0 Å². The molecule has 1 aliphatic carbocycles. The molecule has 4 rings (SSSR count). The minimum atomic E-state index is -0.808. The van der Waals surface area contributed by atoms with Gasteiger partial charge >= 0.3 is 6.09 Å². The van der Waals surface area contributed by atoms with Crippen molar-refractivity contribution in [1.29, 1.82) is 0 Å². The van der Waals surface area contributed by atoms with Gasteiger partial charge in [-0.1, -0.05) is 39.8 Å². The van der Waals surface area contributed by atoms with E-state index in [1.165, 1.54) is 34.4 Å². The van der Waals surface area contributed by atoms with E-state index in [0.717, 1.165) is 23.5 Å². The van der Waals surface area contributed by atoms with Crippen LogP contribution in [0.25, 0.3) is 11.3 Å². The van der Waals surface area contributed by atoms with E-state index in [0.29, 0.717) is 19.0 Å². The van der Waals surface area contributed by atoms with Crippen molar-refractivity contribution in [2.75, 3.05) is 13.1 Å². The molecule has 1 N–H and O–H groups in total. The average Bonchev–Trinajstić information content (AvgIpc) is 3.15. The number of benzene rings is 1. The van der Waals surface area contributed by atoms with Gasteiger partial charge in [0.2, 0.25) is 0 Å².